The molecule has 1 rings (SSSR count). The number of carboxylic acids is 1. The molecule has 0 spiro atoms. The van der Waals surface area contributed by atoms with E-state index in [0.29, 0.717) is 0 Å². The van der Waals surface area contributed by atoms with Crippen LogP contribution in [0.3, 0.4) is 0 Å². The number of hydrogen-bond acceptors (Lipinski definition) is 7. The fraction of sp³-hybridized carbons (Fsp3) is 0.333. The number of hydrogen-bond donors (Lipinski definition) is 3. The summed E-state index contributed by atoms with van der Waals surface area (Å²) in [6.45, 7) is 0. The lowest BCUT2D eigenvalue weighted by Gasteiger charge is -2.14. The van der Waals surface area contributed by atoms with Gasteiger partial charge in [0.25, 0.3) is 5.88 Å². The van der Waals surface area contributed by atoms with Gasteiger partial charge in [0, 0.05) is 17.8 Å². The van der Waals surface area contributed by atoms with Gasteiger partial charge in [0.15, 0.2) is 6.10 Å². The summed E-state index contributed by atoms with van der Waals surface area (Å²) in [6.07, 6.45) is -2.93. The average Bonchev–Trinajstić information content (AvgIpc) is 2.35. The zero-order valence-electron chi connectivity index (χ0n) is 9.18. The number of methoxy groups -OCH3 is 1. The van der Waals surface area contributed by atoms with Crippen molar-refractivity contribution in [2.24, 2.45) is 0 Å². The summed E-state index contributed by atoms with van der Waals surface area (Å²) in [4.78, 5) is 23.9. The molecule has 0 amide bonds. The summed E-state index contributed by atoms with van der Waals surface area (Å²) in [5, 5.41) is 37.8. The van der Waals surface area contributed by atoms with E-state index in [1.165, 1.54) is 7.11 Å². The fourth-order valence-corrected chi connectivity index (χ4v) is 1.22. The smallest absolute Gasteiger partial charge is 0.335 e. The van der Waals surface area contributed by atoms with E-state index in [0.717, 1.165) is 12.3 Å². The zero-order valence-corrected chi connectivity index (χ0v) is 9.18. The molecule has 18 heavy (non-hydrogen) atoms. The molecule has 0 aliphatic rings. The second-order valence-electron chi connectivity index (χ2n) is 3.28. The number of aliphatic hydroxyl groups excluding tert-OH is 2. The van der Waals surface area contributed by atoms with Gasteiger partial charge < -0.3 is 20.1 Å². The number of ether oxygens (including phenoxy) is 1. The molecule has 9 heteroatoms. The number of aromatic nitrogens is 1. The number of rotatable bonds is 5. The summed E-state index contributed by atoms with van der Waals surface area (Å²) in [6, 6.07) is 0.892. The van der Waals surface area contributed by atoms with Gasteiger partial charge >= 0.3 is 11.7 Å². The Morgan fingerprint density at radius 3 is 2.61 bits per heavy atom. The Bertz CT molecular complexity index is 476. The van der Waals surface area contributed by atoms with Crippen LogP contribution in [0.1, 0.15) is 11.7 Å². The maximum absolute atomic E-state index is 10.7. The molecule has 9 nitrogen and oxygen atoms in total. The third-order valence-electron chi connectivity index (χ3n) is 2.14. The van der Waals surface area contributed by atoms with Gasteiger partial charge in [-0.05, 0) is 0 Å². The molecule has 1 aromatic rings. The Labute approximate surface area is 100 Å². The molecular weight excluding hydrogens is 248 g/mol. The van der Waals surface area contributed by atoms with Crippen LogP contribution in [0.15, 0.2) is 12.3 Å². The van der Waals surface area contributed by atoms with E-state index in [-0.39, 0.29) is 11.4 Å². The van der Waals surface area contributed by atoms with Crippen LogP contribution in [-0.4, -0.2) is 44.4 Å². The molecule has 1 aromatic heterocycles. The van der Waals surface area contributed by atoms with Crippen LogP contribution < -0.4 is 4.74 Å². The quantitative estimate of drug-likeness (QED) is 0.472. The Balaban J connectivity index is 3.15. The molecule has 2 atom stereocenters. The van der Waals surface area contributed by atoms with E-state index in [9.17, 15) is 20.0 Å². The molecule has 0 aliphatic carbocycles. The van der Waals surface area contributed by atoms with Crippen LogP contribution in [0.4, 0.5) is 5.69 Å². The molecule has 0 aromatic carbocycles. The molecule has 0 saturated carbocycles. The summed E-state index contributed by atoms with van der Waals surface area (Å²) < 4.78 is 4.64. The predicted molar refractivity (Wildman–Crippen MR) is 56.0 cm³/mol. The van der Waals surface area contributed by atoms with Gasteiger partial charge in [-0.25, -0.2) is 9.78 Å². The number of pyridine rings is 1. The summed E-state index contributed by atoms with van der Waals surface area (Å²) >= 11 is 0. The first-order valence-electron chi connectivity index (χ1n) is 4.65. The fourth-order valence-electron chi connectivity index (χ4n) is 1.22. The van der Waals surface area contributed by atoms with Crippen LogP contribution in [0.25, 0.3) is 0 Å². The van der Waals surface area contributed by atoms with Gasteiger partial charge in [-0.3, -0.25) is 10.1 Å². The number of aliphatic carboxylic acids is 1. The molecule has 0 saturated heterocycles. The highest BCUT2D eigenvalue weighted by Gasteiger charge is 2.28. The number of aliphatic hydroxyl groups is 2. The number of nitro groups is 1. The largest absolute Gasteiger partial charge is 0.479 e. The van der Waals surface area contributed by atoms with Crippen molar-refractivity contribution < 1.29 is 29.8 Å². The second kappa shape index (κ2) is 5.38. The SMILES string of the molecule is COc1ncc(C(O)C(O)C(=O)O)cc1[N+](=O)[O-]. The highest BCUT2D eigenvalue weighted by atomic mass is 16.6. The van der Waals surface area contributed by atoms with Crippen molar-refractivity contribution in [2.75, 3.05) is 7.11 Å². The van der Waals surface area contributed by atoms with Crippen LogP contribution in [-0.2, 0) is 4.79 Å². The van der Waals surface area contributed by atoms with Gasteiger partial charge in [-0.1, -0.05) is 0 Å². The molecule has 0 aliphatic heterocycles. The minimum absolute atomic E-state index is 0.197. The molecule has 0 fully saturated rings. The van der Waals surface area contributed by atoms with Crippen LogP contribution >= 0.6 is 0 Å². The number of nitrogens with zero attached hydrogens (tertiary/aromatic N) is 2. The van der Waals surface area contributed by atoms with Crippen LogP contribution in [0.2, 0.25) is 0 Å². The average molecular weight is 258 g/mol. The van der Waals surface area contributed by atoms with Crippen LogP contribution in [0.5, 0.6) is 5.88 Å². The monoisotopic (exact) mass is 258 g/mol. The Morgan fingerprint density at radius 2 is 2.17 bits per heavy atom. The summed E-state index contributed by atoms with van der Waals surface area (Å²) in [7, 11) is 1.18. The van der Waals surface area contributed by atoms with Crippen molar-refractivity contribution in [1.29, 1.82) is 0 Å². The maximum atomic E-state index is 10.7. The van der Waals surface area contributed by atoms with Gasteiger partial charge in [0.05, 0.1) is 12.0 Å². The molecule has 2 unspecified atom stereocenters. The van der Waals surface area contributed by atoms with E-state index >= 15 is 0 Å². The standard InChI is InChI=1S/C9H10N2O7/c1-18-8-5(11(16)17)2-4(3-10-8)6(12)7(13)9(14)15/h2-3,6-7,12-13H,1H3,(H,14,15). The third kappa shape index (κ3) is 2.70. The highest BCUT2D eigenvalue weighted by Crippen LogP contribution is 2.28. The van der Waals surface area contributed by atoms with E-state index in [2.05, 4.69) is 9.72 Å². The molecule has 1 heterocycles. The van der Waals surface area contributed by atoms with E-state index in [1.807, 2.05) is 0 Å². The van der Waals surface area contributed by atoms with E-state index < -0.39 is 28.8 Å². The normalized spacial score (nSPS) is 13.7. The zero-order chi connectivity index (χ0) is 13.9. The minimum atomic E-state index is -2.10. The van der Waals surface area contributed by atoms with Crippen molar-refractivity contribution in [3.8, 4) is 5.88 Å². The van der Waals surface area contributed by atoms with Gasteiger partial charge in [0.1, 0.15) is 6.10 Å². The van der Waals surface area contributed by atoms with Crippen LogP contribution in [0, 0.1) is 10.1 Å². The van der Waals surface area contributed by atoms with E-state index in [1.54, 1.807) is 0 Å². The van der Waals surface area contributed by atoms with Gasteiger partial charge in [0.2, 0.25) is 0 Å². The van der Waals surface area contributed by atoms with Crippen molar-refractivity contribution in [2.45, 2.75) is 12.2 Å². The molecule has 98 valence electrons. The molecule has 0 radical (unpaired) electrons. The Hall–Kier alpha value is -2.26. The lowest BCUT2D eigenvalue weighted by atomic mass is 10.1. The third-order valence-corrected chi connectivity index (χ3v) is 2.14. The maximum Gasteiger partial charge on any atom is 0.335 e. The second-order valence-corrected chi connectivity index (χ2v) is 3.28. The Kier molecular flexibility index (Phi) is 4.13. The van der Waals surface area contributed by atoms with Crippen molar-refractivity contribution in [3.63, 3.8) is 0 Å². The highest BCUT2D eigenvalue weighted by molar-refractivity contribution is 5.73. The topological polar surface area (TPSA) is 143 Å². The lowest BCUT2D eigenvalue weighted by molar-refractivity contribution is -0.386. The molecule has 3 N–H and O–H groups in total. The molecule has 0 bridgehead atoms. The van der Waals surface area contributed by atoms with Crippen molar-refractivity contribution in [1.82, 2.24) is 4.98 Å². The van der Waals surface area contributed by atoms with Gasteiger partial charge in [-0.15, -0.1) is 0 Å². The Morgan fingerprint density at radius 1 is 1.56 bits per heavy atom. The molecular formula is C9H10N2O7. The first kappa shape index (κ1) is 13.8. The van der Waals surface area contributed by atoms with Gasteiger partial charge in [-0.2, -0.15) is 0 Å². The first-order valence-corrected chi connectivity index (χ1v) is 4.65. The van der Waals surface area contributed by atoms with E-state index in [4.69, 9.17) is 10.2 Å². The van der Waals surface area contributed by atoms with Crippen molar-refractivity contribution in [3.05, 3.63) is 27.9 Å². The predicted octanol–water partition coefficient (Wildman–Crippen LogP) is -0.523. The summed E-state index contributed by atoms with van der Waals surface area (Å²) in [5.41, 5.74) is -0.732. The summed E-state index contributed by atoms with van der Waals surface area (Å²) in [5.74, 6) is -1.93. The number of carbonyl (C=O) groups is 1. The lowest BCUT2D eigenvalue weighted by Crippen LogP contribution is -2.27. The number of carboxylic acid groups (broad SMARTS) is 1. The minimum Gasteiger partial charge on any atom is -0.479 e. The van der Waals surface area contributed by atoms with Crippen molar-refractivity contribution >= 4 is 11.7 Å². The first-order chi connectivity index (χ1) is 8.38.